The highest BCUT2D eigenvalue weighted by atomic mass is 16.2. The van der Waals surface area contributed by atoms with Gasteiger partial charge in [0.05, 0.1) is 0 Å². The van der Waals surface area contributed by atoms with Crippen molar-refractivity contribution in [2.45, 2.75) is 32.7 Å². The molecule has 3 nitrogen and oxygen atoms in total. The summed E-state index contributed by atoms with van der Waals surface area (Å²) in [4.78, 5) is 13.5. The molecule has 0 aromatic carbocycles. The lowest BCUT2D eigenvalue weighted by Crippen LogP contribution is -2.38. The fourth-order valence-corrected chi connectivity index (χ4v) is 1.67. The molecule has 1 amide bonds. The molecule has 1 fully saturated rings. The largest absolute Gasteiger partial charge is 0.341 e. The number of nitrogens with zero attached hydrogens (tertiary/aromatic N) is 1. The number of hydrogen-bond acceptors (Lipinski definition) is 2. The Morgan fingerprint density at radius 2 is 2.31 bits per heavy atom. The lowest BCUT2D eigenvalue weighted by Gasteiger charge is -2.24. The summed E-state index contributed by atoms with van der Waals surface area (Å²) in [6, 6.07) is 0.422. The molecular formula is C10H20N2O. The molecule has 1 aliphatic heterocycles. The SMILES string of the molecule is CC(C)CC(=O)N(C)[C@@H]1CCNC1. The smallest absolute Gasteiger partial charge is 0.222 e. The summed E-state index contributed by atoms with van der Waals surface area (Å²) in [7, 11) is 1.92. The highest BCUT2D eigenvalue weighted by molar-refractivity contribution is 5.76. The molecule has 0 aromatic heterocycles. The Kier molecular flexibility index (Phi) is 3.72. The summed E-state index contributed by atoms with van der Waals surface area (Å²) in [6.45, 7) is 6.17. The van der Waals surface area contributed by atoms with Crippen molar-refractivity contribution in [1.82, 2.24) is 10.2 Å². The van der Waals surface area contributed by atoms with E-state index in [1.165, 1.54) is 0 Å². The van der Waals surface area contributed by atoms with E-state index in [2.05, 4.69) is 19.2 Å². The molecular weight excluding hydrogens is 164 g/mol. The number of hydrogen-bond donors (Lipinski definition) is 1. The van der Waals surface area contributed by atoms with Crippen LogP contribution in [0.5, 0.6) is 0 Å². The second kappa shape index (κ2) is 4.61. The molecule has 1 rings (SSSR count). The molecule has 3 heteroatoms. The van der Waals surface area contributed by atoms with E-state index in [1.54, 1.807) is 0 Å². The van der Waals surface area contributed by atoms with E-state index in [-0.39, 0.29) is 5.91 Å². The third-order valence-corrected chi connectivity index (χ3v) is 2.56. The molecule has 0 aromatic rings. The van der Waals surface area contributed by atoms with Crippen LogP contribution in [-0.4, -0.2) is 37.0 Å². The van der Waals surface area contributed by atoms with Crippen LogP contribution in [0.2, 0.25) is 0 Å². The predicted octanol–water partition coefficient (Wildman–Crippen LogP) is 0.853. The first-order valence-electron chi connectivity index (χ1n) is 5.07. The average Bonchev–Trinajstić information content (AvgIpc) is 2.53. The first-order chi connectivity index (χ1) is 6.11. The van der Waals surface area contributed by atoms with Crippen LogP contribution >= 0.6 is 0 Å². The van der Waals surface area contributed by atoms with Crippen LogP contribution in [0.1, 0.15) is 26.7 Å². The minimum absolute atomic E-state index is 0.281. The maximum Gasteiger partial charge on any atom is 0.222 e. The number of rotatable bonds is 3. The number of amides is 1. The molecule has 0 radical (unpaired) electrons. The molecule has 0 bridgehead atoms. The maximum atomic E-state index is 11.6. The molecule has 1 atom stereocenters. The Labute approximate surface area is 80.5 Å². The first-order valence-corrected chi connectivity index (χ1v) is 5.07. The van der Waals surface area contributed by atoms with Crippen LogP contribution in [-0.2, 0) is 4.79 Å². The Morgan fingerprint density at radius 1 is 1.62 bits per heavy atom. The topological polar surface area (TPSA) is 32.3 Å². The van der Waals surface area contributed by atoms with Crippen LogP contribution < -0.4 is 5.32 Å². The number of likely N-dealkylation sites (N-methyl/N-ethyl adjacent to an activating group) is 1. The van der Waals surface area contributed by atoms with Gasteiger partial charge in [-0.1, -0.05) is 13.8 Å². The third-order valence-electron chi connectivity index (χ3n) is 2.56. The molecule has 76 valence electrons. The Hall–Kier alpha value is -0.570. The van der Waals surface area contributed by atoms with Gasteiger partial charge < -0.3 is 10.2 Å². The van der Waals surface area contributed by atoms with Gasteiger partial charge in [0.2, 0.25) is 5.91 Å². The van der Waals surface area contributed by atoms with Crippen LogP contribution in [0, 0.1) is 5.92 Å². The number of carbonyl (C=O) groups is 1. The van der Waals surface area contributed by atoms with Gasteiger partial charge in [-0.25, -0.2) is 0 Å². The van der Waals surface area contributed by atoms with Crippen molar-refractivity contribution < 1.29 is 4.79 Å². The van der Waals surface area contributed by atoms with Gasteiger partial charge in [0, 0.05) is 26.1 Å². The monoisotopic (exact) mass is 184 g/mol. The Morgan fingerprint density at radius 3 is 2.77 bits per heavy atom. The average molecular weight is 184 g/mol. The summed E-state index contributed by atoms with van der Waals surface area (Å²) in [6.07, 6.45) is 1.77. The predicted molar refractivity (Wildman–Crippen MR) is 53.5 cm³/mol. The fraction of sp³-hybridized carbons (Fsp3) is 0.900. The molecule has 0 aliphatic carbocycles. The van der Waals surface area contributed by atoms with Crippen molar-refractivity contribution in [2.75, 3.05) is 20.1 Å². The molecule has 1 N–H and O–H groups in total. The van der Waals surface area contributed by atoms with E-state index >= 15 is 0 Å². The van der Waals surface area contributed by atoms with E-state index in [0.29, 0.717) is 18.4 Å². The molecule has 0 unspecified atom stereocenters. The summed E-state index contributed by atoms with van der Waals surface area (Å²) < 4.78 is 0. The molecule has 1 heterocycles. The summed E-state index contributed by atoms with van der Waals surface area (Å²) in [5.74, 6) is 0.744. The van der Waals surface area contributed by atoms with Crippen molar-refractivity contribution in [3.05, 3.63) is 0 Å². The Bertz CT molecular complexity index is 174. The van der Waals surface area contributed by atoms with Crippen molar-refractivity contribution in [1.29, 1.82) is 0 Å². The van der Waals surface area contributed by atoms with E-state index in [4.69, 9.17) is 0 Å². The van der Waals surface area contributed by atoms with Crippen molar-refractivity contribution >= 4 is 5.91 Å². The van der Waals surface area contributed by atoms with Gasteiger partial charge in [-0.15, -0.1) is 0 Å². The second-order valence-corrected chi connectivity index (χ2v) is 4.25. The minimum Gasteiger partial charge on any atom is -0.341 e. The van der Waals surface area contributed by atoms with Crippen LogP contribution in [0.3, 0.4) is 0 Å². The third kappa shape index (κ3) is 2.99. The highest BCUT2D eigenvalue weighted by Gasteiger charge is 2.22. The molecule has 0 saturated carbocycles. The van der Waals surface area contributed by atoms with Gasteiger partial charge in [-0.05, 0) is 18.9 Å². The molecule has 1 saturated heterocycles. The fourth-order valence-electron chi connectivity index (χ4n) is 1.67. The minimum atomic E-state index is 0.281. The van der Waals surface area contributed by atoms with E-state index < -0.39 is 0 Å². The first kappa shape index (κ1) is 10.5. The van der Waals surface area contributed by atoms with Gasteiger partial charge in [-0.3, -0.25) is 4.79 Å². The normalized spacial score (nSPS) is 22.3. The summed E-state index contributed by atoms with van der Waals surface area (Å²) in [5, 5.41) is 3.27. The highest BCUT2D eigenvalue weighted by Crippen LogP contribution is 2.10. The number of nitrogens with one attached hydrogen (secondary N) is 1. The summed E-state index contributed by atoms with van der Waals surface area (Å²) >= 11 is 0. The lowest BCUT2D eigenvalue weighted by molar-refractivity contribution is -0.132. The lowest BCUT2D eigenvalue weighted by atomic mass is 10.1. The van der Waals surface area contributed by atoms with E-state index in [0.717, 1.165) is 19.5 Å². The van der Waals surface area contributed by atoms with Crippen LogP contribution in [0.15, 0.2) is 0 Å². The van der Waals surface area contributed by atoms with E-state index in [1.807, 2.05) is 11.9 Å². The van der Waals surface area contributed by atoms with Gasteiger partial charge in [-0.2, -0.15) is 0 Å². The zero-order chi connectivity index (χ0) is 9.84. The van der Waals surface area contributed by atoms with Gasteiger partial charge in [0.25, 0.3) is 0 Å². The molecule has 0 spiro atoms. The molecule has 13 heavy (non-hydrogen) atoms. The van der Waals surface area contributed by atoms with Crippen LogP contribution in [0.4, 0.5) is 0 Å². The van der Waals surface area contributed by atoms with Crippen LogP contribution in [0.25, 0.3) is 0 Å². The number of carbonyl (C=O) groups excluding carboxylic acids is 1. The zero-order valence-corrected chi connectivity index (χ0v) is 8.84. The van der Waals surface area contributed by atoms with Crippen molar-refractivity contribution in [3.8, 4) is 0 Å². The standard InChI is InChI=1S/C10H20N2O/c1-8(2)6-10(13)12(3)9-4-5-11-7-9/h8-9,11H,4-7H2,1-3H3/t9-/m1/s1. The van der Waals surface area contributed by atoms with Gasteiger partial charge in [0.1, 0.15) is 0 Å². The zero-order valence-electron chi connectivity index (χ0n) is 8.84. The second-order valence-electron chi connectivity index (χ2n) is 4.25. The quantitative estimate of drug-likeness (QED) is 0.705. The molecule has 1 aliphatic rings. The maximum absolute atomic E-state index is 11.6. The van der Waals surface area contributed by atoms with Crippen molar-refractivity contribution in [2.24, 2.45) is 5.92 Å². The summed E-state index contributed by atoms with van der Waals surface area (Å²) in [5.41, 5.74) is 0. The van der Waals surface area contributed by atoms with E-state index in [9.17, 15) is 4.79 Å². The van der Waals surface area contributed by atoms with Gasteiger partial charge in [0.15, 0.2) is 0 Å². The van der Waals surface area contributed by atoms with Gasteiger partial charge >= 0.3 is 0 Å². The Balaban J connectivity index is 2.36. The van der Waals surface area contributed by atoms with Crippen molar-refractivity contribution in [3.63, 3.8) is 0 Å².